The lowest BCUT2D eigenvalue weighted by Gasteiger charge is -2.22. The number of hydrogen-bond acceptors (Lipinski definition) is 2. The lowest BCUT2D eigenvalue weighted by atomic mass is 10.0. The summed E-state index contributed by atoms with van der Waals surface area (Å²) in [5, 5.41) is 11.1. The van der Waals surface area contributed by atoms with Gasteiger partial charge in [0, 0.05) is 12.6 Å². The van der Waals surface area contributed by atoms with Gasteiger partial charge >= 0.3 is 6.18 Å². The number of rotatable bonds is 5. The molecule has 0 aromatic rings. The van der Waals surface area contributed by atoms with E-state index in [1.165, 1.54) is 6.07 Å². The summed E-state index contributed by atoms with van der Waals surface area (Å²) in [7, 11) is 0. The summed E-state index contributed by atoms with van der Waals surface area (Å²) in [6.45, 7) is 5.45. The van der Waals surface area contributed by atoms with Gasteiger partial charge in [-0.15, -0.1) is 0 Å². The van der Waals surface area contributed by atoms with Gasteiger partial charge in [-0.3, -0.25) is 0 Å². The van der Waals surface area contributed by atoms with Crippen LogP contribution in [0.5, 0.6) is 0 Å². The van der Waals surface area contributed by atoms with E-state index in [1.807, 2.05) is 20.8 Å². The van der Waals surface area contributed by atoms with Crippen molar-refractivity contribution < 1.29 is 13.2 Å². The second-order valence-electron chi connectivity index (χ2n) is 3.81. The number of nitrogens with zero attached hydrogens (tertiary/aromatic N) is 1. The topological polar surface area (TPSA) is 35.8 Å². The molecule has 1 N–H and O–H groups in total. The van der Waals surface area contributed by atoms with Gasteiger partial charge in [-0.25, -0.2) is 0 Å². The molecule has 3 unspecified atom stereocenters. The molecule has 0 fully saturated rings. The molecule has 2 nitrogen and oxygen atoms in total. The average Bonchev–Trinajstić information content (AvgIpc) is 2.15. The molecule has 0 aliphatic rings. The molecule has 3 atom stereocenters. The maximum atomic E-state index is 12.2. The molecule has 0 aliphatic carbocycles. The first-order valence-electron chi connectivity index (χ1n) is 5.02. The van der Waals surface area contributed by atoms with Crippen LogP contribution in [0.2, 0.25) is 0 Å². The summed E-state index contributed by atoms with van der Waals surface area (Å²) >= 11 is 0. The minimum Gasteiger partial charge on any atom is -0.312 e. The second kappa shape index (κ2) is 5.96. The van der Waals surface area contributed by atoms with Gasteiger partial charge in [0.2, 0.25) is 0 Å². The number of hydrogen-bond donors (Lipinski definition) is 1. The Balaban J connectivity index is 4.09. The van der Waals surface area contributed by atoms with E-state index in [1.54, 1.807) is 0 Å². The fourth-order valence-corrected chi connectivity index (χ4v) is 1.09. The quantitative estimate of drug-likeness (QED) is 0.776. The second-order valence-corrected chi connectivity index (χ2v) is 3.81. The van der Waals surface area contributed by atoms with E-state index in [4.69, 9.17) is 5.26 Å². The molecule has 0 amide bonds. The van der Waals surface area contributed by atoms with Gasteiger partial charge in [0.25, 0.3) is 0 Å². The predicted molar refractivity (Wildman–Crippen MR) is 52.1 cm³/mol. The van der Waals surface area contributed by atoms with Gasteiger partial charge in [0.05, 0.1) is 6.07 Å². The smallest absolute Gasteiger partial charge is 0.312 e. The molecule has 0 spiro atoms. The molecule has 5 heteroatoms. The molecule has 0 saturated heterocycles. The van der Waals surface area contributed by atoms with E-state index in [-0.39, 0.29) is 12.6 Å². The van der Waals surface area contributed by atoms with E-state index >= 15 is 0 Å². The molecule has 0 saturated carbocycles. The zero-order valence-corrected chi connectivity index (χ0v) is 9.23. The van der Waals surface area contributed by atoms with Crippen molar-refractivity contribution >= 4 is 0 Å². The third kappa shape index (κ3) is 5.03. The number of nitrogens with one attached hydrogen (secondary N) is 1. The Labute approximate surface area is 88.5 Å². The van der Waals surface area contributed by atoms with E-state index in [9.17, 15) is 13.2 Å². The minimum absolute atomic E-state index is 0.00630. The highest BCUT2D eigenvalue weighted by Gasteiger charge is 2.39. The third-order valence-electron chi connectivity index (χ3n) is 2.69. The Morgan fingerprint density at radius 3 is 2.20 bits per heavy atom. The van der Waals surface area contributed by atoms with Crippen LogP contribution in [0.1, 0.15) is 27.2 Å². The predicted octanol–water partition coefficient (Wildman–Crippen LogP) is 2.71. The number of halogens is 3. The lowest BCUT2D eigenvalue weighted by molar-refractivity contribution is -0.158. The fourth-order valence-electron chi connectivity index (χ4n) is 1.09. The molecule has 0 radical (unpaired) electrons. The normalized spacial score (nSPS) is 17.9. The van der Waals surface area contributed by atoms with Crippen molar-refractivity contribution in [2.45, 2.75) is 39.4 Å². The van der Waals surface area contributed by atoms with Gasteiger partial charge < -0.3 is 5.32 Å². The summed E-state index contributed by atoms with van der Waals surface area (Å²) < 4.78 is 36.6. The summed E-state index contributed by atoms with van der Waals surface area (Å²) in [6, 6.07) is 1.26. The molecule has 88 valence electrons. The Kier molecular flexibility index (Phi) is 5.66. The summed E-state index contributed by atoms with van der Waals surface area (Å²) in [5.74, 6) is -1.61. The first-order valence-corrected chi connectivity index (χ1v) is 5.02. The van der Waals surface area contributed by atoms with Crippen LogP contribution in [0.3, 0.4) is 0 Å². The molecule has 0 aromatic carbocycles. The first-order chi connectivity index (χ1) is 6.82. The van der Waals surface area contributed by atoms with Crippen LogP contribution in [-0.4, -0.2) is 18.8 Å². The minimum atomic E-state index is -4.43. The fraction of sp³-hybridized carbons (Fsp3) is 0.900. The standard InChI is InChI=1S/C10H17F3N2/c1-4-7(2)8(3)15-6-9(5-14)10(11,12)13/h7-9,15H,4,6H2,1-3H3. The highest BCUT2D eigenvalue weighted by atomic mass is 19.4. The first kappa shape index (κ1) is 14.2. The van der Waals surface area contributed by atoms with E-state index in [0.717, 1.165) is 6.42 Å². The molecular weight excluding hydrogens is 205 g/mol. The Hall–Kier alpha value is -0.760. The van der Waals surface area contributed by atoms with Gasteiger partial charge in [0.1, 0.15) is 0 Å². The lowest BCUT2D eigenvalue weighted by Crippen LogP contribution is -2.39. The van der Waals surface area contributed by atoms with Crippen molar-refractivity contribution in [3.05, 3.63) is 0 Å². The van der Waals surface area contributed by atoms with Crippen LogP contribution in [-0.2, 0) is 0 Å². The SMILES string of the molecule is CCC(C)C(C)NCC(C#N)C(F)(F)F. The summed E-state index contributed by atoms with van der Waals surface area (Å²) in [4.78, 5) is 0. The maximum Gasteiger partial charge on any atom is 0.405 e. The zero-order chi connectivity index (χ0) is 12.1. The van der Waals surface area contributed by atoms with Gasteiger partial charge in [0.15, 0.2) is 5.92 Å². The van der Waals surface area contributed by atoms with Gasteiger partial charge in [-0.2, -0.15) is 18.4 Å². The van der Waals surface area contributed by atoms with Crippen molar-refractivity contribution in [2.75, 3.05) is 6.54 Å². The monoisotopic (exact) mass is 222 g/mol. The molecule has 15 heavy (non-hydrogen) atoms. The van der Waals surface area contributed by atoms with Crippen molar-refractivity contribution in [3.63, 3.8) is 0 Å². The third-order valence-corrected chi connectivity index (χ3v) is 2.69. The number of alkyl halides is 3. The van der Waals surface area contributed by atoms with Crippen molar-refractivity contribution in [1.29, 1.82) is 5.26 Å². The molecule has 0 heterocycles. The van der Waals surface area contributed by atoms with Crippen molar-refractivity contribution in [3.8, 4) is 6.07 Å². The Bertz CT molecular complexity index is 220. The van der Waals surface area contributed by atoms with Crippen LogP contribution in [0.25, 0.3) is 0 Å². The van der Waals surface area contributed by atoms with Crippen LogP contribution in [0, 0.1) is 23.2 Å². The average molecular weight is 222 g/mol. The zero-order valence-electron chi connectivity index (χ0n) is 9.23. The highest BCUT2D eigenvalue weighted by molar-refractivity contribution is 4.90. The van der Waals surface area contributed by atoms with Crippen molar-refractivity contribution in [1.82, 2.24) is 5.32 Å². The maximum absolute atomic E-state index is 12.2. The van der Waals surface area contributed by atoms with Gasteiger partial charge in [-0.05, 0) is 12.8 Å². The Morgan fingerprint density at radius 1 is 1.33 bits per heavy atom. The molecule has 0 aromatic heterocycles. The van der Waals surface area contributed by atoms with Crippen LogP contribution in [0.15, 0.2) is 0 Å². The van der Waals surface area contributed by atoms with Crippen LogP contribution in [0.4, 0.5) is 13.2 Å². The van der Waals surface area contributed by atoms with E-state index < -0.39 is 12.1 Å². The largest absolute Gasteiger partial charge is 0.405 e. The van der Waals surface area contributed by atoms with E-state index in [2.05, 4.69) is 5.32 Å². The summed E-state index contributed by atoms with van der Waals surface area (Å²) in [5.41, 5.74) is 0. The Morgan fingerprint density at radius 2 is 1.87 bits per heavy atom. The molecule has 0 rings (SSSR count). The molecule has 0 aliphatic heterocycles. The molecule has 0 bridgehead atoms. The van der Waals surface area contributed by atoms with Crippen LogP contribution >= 0.6 is 0 Å². The van der Waals surface area contributed by atoms with Crippen molar-refractivity contribution in [2.24, 2.45) is 11.8 Å². The van der Waals surface area contributed by atoms with Gasteiger partial charge in [-0.1, -0.05) is 20.3 Å². The summed E-state index contributed by atoms with van der Waals surface area (Å²) in [6.07, 6.45) is -3.53. The van der Waals surface area contributed by atoms with Crippen LogP contribution < -0.4 is 5.32 Å². The molecular formula is C10H17F3N2. The highest BCUT2D eigenvalue weighted by Crippen LogP contribution is 2.25. The number of nitriles is 1. The van der Waals surface area contributed by atoms with E-state index in [0.29, 0.717) is 5.92 Å².